The van der Waals surface area contributed by atoms with Crippen LogP contribution < -0.4 is 10.6 Å². The quantitative estimate of drug-likeness (QED) is 0.650. The second-order valence-electron chi connectivity index (χ2n) is 4.76. The number of thioether (sulfide) groups is 1. The molecule has 8 heteroatoms. The van der Waals surface area contributed by atoms with E-state index in [1.54, 1.807) is 18.7 Å². The third kappa shape index (κ3) is 3.48. The first-order valence-corrected chi connectivity index (χ1v) is 8.62. The average molecular weight is 348 g/mol. The summed E-state index contributed by atoms with van der Waals surface area (Å²) in [6.45, 7) is 2.84. The molecule has 0 saturated carbocycles. The molecule has 2 heterocycles. The largest absolute Gasteiger partial charge is 0.461 e. The number of hydrogen-bond acceptors (Lipinski definition) is 5. The zero-order chi connectivity index (χ0) is 16.2. The maximum Gasteiger partial charge on any atom is 0.358 e. The zero-order valence-electron chi connectivity index (χ0n) is 12.5. The molecule has 0 fully saturated rings. The second kappa shape index (κ2) is 7.01. The number of aromatic nitrogens is 2. The molecule has 0 amide bonds. The number of fused-ring (bicyclic) bond motifs is 1. The molecule has 1 aliphatic rings. The van der Waals surface area contributed by atoms with Gasteiger partial charge in [0, 0.05) is 18.0 Å². The van der Waals surface area contributed by atoms with Crippen LogP contribution in [0, 0.1) is 0 Å². The molecule has 1 aromatic heterocycles. The predicted octanol–water partition coefficient (Wildman–Crippen LogP) is 2.97. The molecule has 0 bridgehead atoms. The number of benzene rings is 1. The van der Waals surface area contributed by atoms with E-state index < -0.39 is 5.97 Å². The molecular weight excluding hydrogens is 332 g/mol. The van der Waals surface area contributed by atoms with Crippen molar-refractivity contribution in [2.75, 3.05) is 23.0 Å². The molecule has 0 spiro atoms. The highest BCUT2D eigenvalue weighted by Gasteiger charge is 2.27. The average Bonchev–Trinajstić information content (AvgIpc) is 3.08. The monoisotopic (exact) mass is 348 g/mol. The SMILES string of the molecule is CCOC(=O)c1c(NC(=S)Nc2ccccc2)nc2n1CCS2. The van der Waals surface area contributed by atoms with Gasteiger partial charge in [-0.05, 0) is 31.3 Å². The van der Waals surface area contributed by atoms with Crippen LogP contribution in [0.2, 0.25) is 0 Å². The van der Waals surface area contributed by atoms with Crippen LogP contribution in [0.1, 0.15) is 17.4 Å². The van der Waals surface area contributed by atoms with Gasteiger partial charge in [0.1, 0.15) is 0 Å². The molecule has 0 unspecified atom stereocenters. The molecule has 1 aromatic carbocycles. The minimum absolute atomic E-state index is 0.318. The summed E-state index contributed by atoms with van der Waals surface area (Å²) in [5.74, 6) is 0.944. The first kappa shape index (κ1) is 15.8. The number of carbonyl (C=O) groups excluding carboxylic acids is 1. The molecule has 3 rings (SSSR count). The van der Waals surface area contributed by atoms with Crippen molar-refractivity contribution in [3.63, 3.8) is 0 Å². The van der Waals surface area contributed by atoms with E-state index in [-0.39, 0.29) is 0 Å². The maximum absolute atomic E-state index is 12.2. The van der Waals surface area contributed by atoms with Crippen molar-refractivity contribution in [2.45, 2.75) is 18.6 Å². The van der Waals surface area contributed by atoms with E-state index in [0.717, 1.165) is 23.1 Å². The van der Waals surface area contributed by atoms with Gasteiger partial charge in [-0.15, -0.1) is 0 Å². The van der Waals surface area contributed by atoms with Crippen LogP contribution in [0.3, 0.4) is 0 Å². The van der Waals surface area contributed by atoms with Gasteiger partial charge in [-0.25, -0.2) is 9.78 Å². The lowest BCUT2D eigenvalue weighted by molar-refractivity contribution is 0.0514. The van der Waals surface area contributed by atoms with Crippen LogP contribution in [0.4, 0.5) is 11.5 Å². The van der Waals surface area contributed by atoms with Gasteiger partial charge in [-0.2, -0.15) is 0 Å². The van der Waals surface area contributed by atoms with E-state index in [2.05, 4.69) is 15.6 Å². The molecule has 23 heavy (non-hydrogen) atoms. The highest BCUT2D eigenvalue weighted by atomic mass is 32.2. The molecule has 6 nitrogen and oxygen atoms in total. The summed E-state index contributed by atoms with van der Waals surface area (Å²) < 4.78 is 7.01. The van der Waals surface area contributed by atoms with E-state index in [1.807, 2.05) is 34.9 Å². The fraction of sp³-hybridized carbons (Fsp3) is 0.267. The normalized spacial score (nSPS) is 12.6. The summed E-state index contributed by atoms with van der Waals surface area (Å²) in [4.78, 5) is 16.7. The van der Waals surface area contributed by atoms with Crippen molar-refractivity contribution >= 4 is 46.6 Å². The van der Waals surface area contributed by atoms with Gasteiger partial charge in [0.05, 0.1) is 6.61 Å². The fourth-order valence-electron chi connectivity index (χ4n) is 2.26. The second-order valence-corrected chi connectivity index (χ2v) is 6.23. The summed E-state index contributed by atoms with van der Waals surface area (Å²) in [7, 11) is 0. The number of nitrogens with zero attached hydrogens (tertiary/aromatic N) is 2. The first-order chi connectivity index (χ1) is 11.2. The number of rotatable bonds is 4. The predicted molar refractivity (Wildman–Crippen MR) is 95.2 cm³/mol. The van der Waals surface area contributed by atoms with Gasteiger partial charge < -0.3 is 19.9 Å². The van der Waals surface area contributed by atoms with Gasteiger partial charge in [-0.3, -0.25) is 0 Å². The highest BCUT2D eigenvalue weighted by molar-refractivity contribution is 7.99. The van der Waals surface area contributed by atoms with E-state index in [1.165, 1.54) is 0 Å². The molecule has 0 saturated heterocycles. The van der Waals surface area contributed by atoms with Crippen molar-refractivity contribution in [1.82, 2.24) is 9.55 Å². The van der Waals surface area contributed by atoms with E-state index >= 15 is 0 Å². The van der Waals surface area contributed by atoms with Gasteiger partial charge >= 0.3 is 5.97 Å². The molecule has 0 radical (unpaired) electrons. The number of carbonyl (C=O) groups is 1. The third-order valence-corrected chi connectivity index (χ3v) is 4.37. The van der Waals surface area contributed by atoms with Gasteiger partial charge in [0.2, 0.25) is 0 Å². The van der Waals surface area contributed by atoms with Crippen LogP contribution >= 0.6 is 24.0 Å². The minimum Gasteiger partial charge on any atom is -0.461 e. The Morgan fingerprint density at radius 1 is 1.39 bits per heavy atom. The first-order valence-electron chi connectivity index (χ1n) is 7.22. The lowest BCUT2D eigenvalue weighted by Crippen LogP contribution is -2.22. The van der Waals surface area contributed by atoms with E-state index in [9.17, 15) is 4.79 Å². The Balaban J connectivity index is 1.80. The lowest BCUT2D eigenvalue weighted by Gasteiger charge is -2.11. The zero-order valence-corrected chi connectivity index (χ0v) is 14.2. The van der Waals surface area contributed by atoms with Crippen molar-refractivity contribution in [3.8, 4) is 0 Å². The number of anilines is 2. The Hall–Kier alpha value is -2.06. The molecule has 120 valence electrons. The van der Waals surface area contributed by atoms with Gasteiger partial charge in [0.15, 0.2) is 21.8 Å². The number of nitrogens with one attached hydrogen (secondary N) is 2. The molecule has 0 atom stereocenters. The fourth-order valence-corrected chi connectivity index (χ4v) is 3.43. The number of hydrogen-bond donors (Lipinski definition) is 2. The lowest BCUT2D eigenvalue weighted by atomic mass is 10.3. The molecule has 0 aliphatic carbocycles. The van der Waals surface area contributed by atoms with E-state index in [4.69, 9.17) is 17.0 Å². The topological polar surface area (TPSA) is 68.2 Å². The highest BCUT2D eigenvalue weighted by Crippen LogP contribution is 2.31. The molecule has 2 aromatic rings. The third-order valence-electron chi connectivity index (χ3n) is 3.21. The molecule has 2 N–H and O–H groups in total. The maximum atomic E-state index is 12.2. The summed E-state index contributed by atoms with van der Waals surface area (Å²) in [5, 5.41) is 7.25. The number of esters is 1. The van der Waals surface area contributed by atoms with Crippen LogP contribution in [-0.4, -0.2) is 33.0 Å². The number of imidazole rings is 1. The Morgan fingerprint density at radius 3 is 2.91 bits per heavy atom. The van der Waals surface area contributed by atoms with Gasteiger partial charge in [-0.1, -0.05) is 30.0 Å². The Labute approximate surface area is 143 Å². The van der Waals surface area contributed by atoms with Crippen molar-refractivity contribution in [1.29, 1.82) is 0 Å². The summed E-state index contributed by atoms with van der Waals surface area (Å²) in [6.07, 6.45) is 0. The van der Waals surface area contributed by atoms with E-state index in [0.29, 0.717) is 23.2 Å². The van der Waals surface area contributed by atoms with Gasteiger partial charge in [0.25, 0.3) is 0 Å². The van der Waals surface area contributed by atoms with Crippen molar-refractivity contribution in [2.24, 2.45) is 0 Å². The minimum atomic E-state index is -0.390. The van der Waals surface area contributed by atoms with Crippen LogP contribution in [0.25, 0.3) is 0 Å². The summed E-state index contributed by atoms with van der Waals surface area (Å²) in [6, 6.07) is 9.57. The Morgan fingerprint density at radius 2 is 2.17 bits per heavy atom. The number of thiocarbonyl (C=S) groups is 1. The summed E-state index contributed by atoms with van der Waals surface area (Å²) in [5.41, 5.74) is 1.29. The number of ether oxygens (including phenoxy) is 1. The Bertz CT molecular complexity index is 731. The molecular formula is C15H16N4O2S2. The Kier molecular flexibility index (Phi) is 4.82. The van der Waals surface area contributed by atoms with Crippen LogP contribution in [-0.2, 0) is 11.3 Å². The smallest absolute Gasteiger partial charge is 0.358 e. The number of para-hydroxylation sites is 1. The standard InChI is InChI=1S/C15H16N4O2S2/c1-2-21-13(20)11-12(18-15-19(11)8-9-23-15)17-14(22)16-10-6-4-3-5-7-10/h3-7H,2,8-9H2,1H3,(H2,16,17,22). The van der Waals surface area contributed by atoms with Crippen molar-refractivity contribution < 1.29 is 9.53 Å². The molecule has 1 aliphatic heterocycles. The van der Waals surface area contributed by atoms with Crippen LogP contribution in [0.5, 0.6) is 0 Å². The van der Waals surface area contributed by atoms with Crippen molar-refractivity contribution in [3.05, 3.63) is 36.0 Å². The summed E-state index contributed by atoms with van der Waals surface area (Å²) >= 11 is 6.92. The van der Waals surface area contributed by atoms with Crippen LogP contribution in [0.15, 0.2) is 35.5 Å².